The molecule has 0 bridgehead atoms. The average Bonchev–Trinajstić information content (AvgIpc) is 2.51. The lowest BCUT2D eigenvalue weighted by molar-refractivity contribution is -0.155. The molecule has 0 saturated carbocycles. The summed E-state index contributed by atoms with van der Waals surface area (Å²) in [4.78, 5) is 11.3. The minimum atomic E-state index is -2.63. The molecule has 3 nitrogen and oxygen atoms in total. The summed E-state index contributed by atoms with van der Waals surface area (Å²) >= 11 is 3.15. The van der Waals surface area contributed by atoms with Crippen LogP contribution in [-0.4, -0.2) is 21.5 Å². The molecule has 2 aromatic rings. The maximum Gasteiger partial charge on any atom is 0.345 e. The summed E-state index contributed by atoms with van der Waals surface area (Å²) < 4.78 is 27.0. The van der Waals surface area contributed by atoms with Crippen molar-refractivity contribution in [3.05, 3.63) is 71.3 Å². The van der Waals surface area contributed by atoms with E-state index in [1.165, 1.54) is 24.3 Å². The molecule has 2 N–H and O–H groups in total. The molecule has 118 valence electrons. The smallest absolute Gasteiger partial charge is 0.345 e. The van der Waals surface area contributed by atoms with Crippen molar-refractivity contribution >= 4 is 21.9 Å². The van der Waals surface area contributed by atoms with E-state index in [2.05, 4.69) is 15.9 Å². The summed E-state index contributed by atoms with van der Waals surface area (Å²) in [6.45, 7) is 2.04. The maximum atomic E-state index is 13.7. The number of alkyl halides is 1. The Kier molecular flexibility index (Phi) is 6.64. The molecular weight excluding hydrogens is 358 g/mol. The van der Waals surface area contributed by atoms with Crippen LogP contribution in [0.5, 0.6) is 0 Å². The number of hydrogen-bond donors (Lipinski definition) is 2. The number of halogens is 3. The lowest BCUT2D eigenvalue weighted by atomic mass is 9.86. The predicted octanol–water partition coefficient (Wildman–Crippen LogP) is 3.69. The first kappa shape index (κ1) is 18.3. The van der Waals surface area contributed by atoms with E-state index < -0.39 is 28.8 Å². The van der Waals surface area contributed by atoms with E-state index in [1.807, 2.05) is 6.92 Å². The van der Waals surface area contributed by atoms with E-state index >= 15 is 0 Å². The van der Waals surface area contributed by atoms with Gasteiger partial charge in [0.1, 0.15) is 0 Å². The van der Waals surface area contributed by atoms with E-state index in [-0.39, 0.29) is 5.56 Å². The van der Waals surface area contributed by atoms with Crippen molar-refractivity contribution in [2.24, 2.45) is 0 Å². The Morgan fingerprint density at radius 2 is 1.68 bits per heavy atom. The Hall–Kier alpha value is -1.79. The fourth-order valence-corrected chi connectivity index (χ4v) is 1.86. The molecular formula is C16H15BrF2O3. The van der Waals surface area contributed by atoms with Gasteiger partial charge in [-0.2, -0.15) is 0 Å². The van der Waals surface area contributed by atoms with Gasteiger partial charge in [-0.1, -0.05) is 65.3 Å². The summed E-state index contributed by atoms with van der Waals surface area (Å²) in [6, 6.07) is 10.3. The van der Waals surface area contributed by atoms with Crippen LogP contribution in [0.2, 0.25) is 0 Å². The van der Waals surface area contributed by atoms with Crippen LogP contribution < -0.4 is 0 Å². The number of benzene rings is 2. The van der Waals surface area contributed by atoms with Gasteiger partial charge in [0.15, 0.2) is 11.6 Å². The monoisotopic (exact) mass is 372 g/mol. The first-order valence-corrected chi connectivity index (χ1v) is 7.53. The molecule has 0 heterocycles. The third-order valence-electron chi connectivity index (χ3n) is 2.84. The minimum absolute atomic E-state index is 0.0491. The zero-order chi connectivity index (χ0) is 16.8. The topological polar surface area (TPSA) is 57.5 Å². The SMILES string of the molecule is CCBr.O=C(O)C(O)(c1ccccc1)c1cccc(F)c1F. The highest BCUT2D eigenvalue weighted by Gasteiger charge is 2.42. The van der Waals surface area contributed by atoms with Gasteiger partial charge < -0.3 is 10.2 Å². The average molecular weight is 373 g/mol. The van der Waals surface area contributed by atoms with Gasteiger partial charge in [0.25, 0.3) is 0 Å². The van der Waals surface area contributed by atoms with Crippen LogP contribution in [-0.2, 0) is 10.4 Å². The molecule has 0 aliphatic heterocycles. The van der Waals surface area contributed by atoms with Gasteiger partial charge in [0.2, 0.25) is 5.60 Å². The van der Waals surface area contributed by atoms with Crippen molar-refractivity contribution in [1.82, 2.24) is 0 Å². The minimum Gasteiger partial charge on any atom is -0.479 e. The van der Waals surface area contributed by atoms with E-state index in [9.17, 15) is 23.8 Å². The van der Waals surface area contributed by atoms with Gasteiger partial charge >= 0.3 is 5.97 Å². The Labute approximate surface area is 135 Å². The second kappa shape index (κ2) is 8.00. The quantitative estimate of drug-likeness (QED) is 0.807. The standard InChI is InChI=1S/C14H10F2O3.C2H5Br/c15-11-8-4-7-10(12(11)16)14(19,13(17)18)9-5-2-1-3-6-9;1-2-3/h1-8,19H,(H,17,18);2H2,1H3. The third kappa shape index (κ3) is 3.69. The maximum absolute atomic E-state index is 13.7. The van der Waals surface area contributed by atoms with E-state index in [0.717, 1.165) is 23.5 Å². The molecule has 1 atom stereocenters. The van der Waals surface area contributed by atoms with Gasteiger partial charge in [-0.15, -0.1) is 0 Å². The normalized spacial score (nSPS) is 12.8. The fraction of sp³-hybridized carbons (Fsp3) is 0.188. The second-order valence-electron chi connectivity index (χ2n) is 4.25. The Balaban J connectivity index is 0.000000745. The number of carboxylic acids is 1. The molecule has 0 aliphatic carbocycles. The van der Waals surface area contributed by atoms with E-state index in [1.54, 1.807) is 6.07 Å². The van der Waals surface area contributed by atoms with Crippen molar-refractivity contribution in [1.29, 1.82) is 0 Å². The zero-order valence-corrected chi connectivity index (χ0v) is 13.3. The van der Waals surface area contributed by atoms with Crippen LogP contribution in [0.1, 0.15) is 18.1 Å². The molecule has 0 saturated heterocycles. The summed E-state index contributed by atoms with van der Waals surface area (Å²) in [7, 11) is 0. The molecule has 2 aromatic carbocycles. The van der Waals surface area contributed by atoms with Crippen molar-refractivity contribution < 1.29 is 23.8 Å². The molecule has 0 aromatic heterocycles. The first-order chi connectivity index (χ1) is 10.4. The molecule has 0 radical (unpaired) electrons. The van der Waals surface area contributed by atoms with Crippen LogP contribution in [0.15, 0.2) is 48.5 Å². The number of hydrogen-bond acceptors (Lipinski definition) is 2. The molecule has 0 aliphatic rings. The van der Waals surface area contributed by atoms with Crippen molar-refractivity contribution in [2.45, 2.75) is 12.5 Å². The van der Waals surface area contributed by atoms with Crippen LogP contribution in [0, 0.1) is 11.6 Å². The van der Waals surface area contributed by atoms with E-state index in [4.69, 9.17) is 0 Å². The summed E-state index contributed by atoms with van der Waals surface area (Å²) in [5.74, 6) is -4.27. The molecule has 0 amide bonds. The second-order valence-corrected chi connectivity index (χ2v) is 5.37. The number of aliphatic hydroxyl groups is 1. The van der Waals surface area contributed by atoms with Crippen LogP contribution >= 0.6 is 15.9 Å². The first-order valence-electron chi connectivity index (χ1n) is 6.41. The van der Waals surface area contributed by atoms with Gasteiger partial charge in [-0.05, 0) is 11.6 Å². The van der Waals surface area contributed by atoms with Crippen molar-refractivity contribution in [3.63, 3.8) is 0 Å². The van der Waals surface area contributed by atoms with Gasteiger partial charge in [-0.3, -0.25) is 0 Å². The highest BCUT2D eigenvalue weighted by molar-refractivity contribution is 9.09. The zero-order valence-electron chi connectivity index (χ0n) is 11.8. The summed E-state index contributed by atoms with van der Waals surface area (Å²) in [6.07, 6.45) is 0. The molecule has 6 heteroatoms. The summed E-state index contributed by atoms with van der Waals surface area (Å²) in [5, 5.41) is 20.6. The molecule has 1 unspecified atom stereocenters. The van der Waals surface area contributed by atoms with E-state index in [0.29, 0.717) is 0 Å². The Bertz CT molecular complexity index is 635. The van der Waals surface area contributed by atoms with Gasteiger partial charge in [0.05, 0.1) is 0 Å². The molecule has 0 fully saturated rings. The number of carbonyl (C=O) groups is 1. The van der Waals surface area contributed by atoms with Crippen molar-refractivity contribution in [3.8, 4) is 0 Å². The number of aliphatic carboxylic acids is 1. The van der Waals surface area contributed by atoms with Gasteiger partial charge in [0, 0.05) is 10.9 Å². The molecule has 2 rings (SSSR count). The van der Waals surface area contributed by atoms with Crippen molar-refractivity contribution in [2.75, 3.05) is 5.33 Å². The predicted molar refractivity (Wildman–Crippen MR) is 82.9 cm³/mol. The largest absolute Gasteiger partial charge is 0.479 e. The van der Waals surface area contributed by atoms with Crippen LogP contribution in [0.25, 0.3) is 0 Å². The Morgan fingerprint density at radius 3 is 2.18 bits per heavy atom. The lowest BCUT2D eigenvalue weighted by Gasteiger charge is -2.24. The fourth-order valence-electron chi connectivity index (χ4n) is 1.86. The number of carboxylic acid groups (broad SMARTS) is 1. The van der Waals surface area contributed by atoms with Gasteiger partial charge in [-0.25, -0.2) is 13.6 Å². The molecule has 22 heavy (non-hydrogen) atoms. The Morgan fingerprint density at radius 1 is 1.14 bits per heavy atom. The highest BCUT2D eigenvalue weighted by Crippen LogP contribution is 2.32. The number of rotatable bonds is 3. The highest BCUT2D eigenvalue weighted by atomic mass is 79.9. The molecule has 0 spiro atoms. The third-order valence-corrected chi connectivity index (χ3v) is 2.84. The lowest BCUT2D eigenvalue weighted by Crippen LogP contribution is -2.38. The summed E-state index contributed by atoms with van der Waals surface area (Å²) in [5.41, 5.74) is -3.31. The van der Waals surface area contributed by atoms with Crippen LogP contribution in [0.4, 0.5) is 8.78 Å². The van der Waals surface area contributed by atoms with Crippen LogP contribution in [0.3, 0.4) is 0 Å².